The smallest absolute Gasteiger partial charge is 0.123 e. The van der Waals surface area contributed by atoms with Crippen LogP contribution in [0.3, 0.4) is 0 Å². The first kappa shape index (κ1) is 13.3. The van der Waals surface area contributed by atoms with E-state index in [4.69, 9.17) is 5.73 Å². The predicted molar refractivity (Wildman–Crippen MR) is 83.0 cm³/mol. The van der Waals surface area contributed by atoms with Gasteiger partial charge in [-0.3, -0.25) is 0 Å². The highest BCUT2D eigenvalue weighted by atomic mass is 79.9. The van der Waals surface area contributed by atoms with Crippen LogP contribution in [0.2, 0.25) is 0 Å². The van der Waals surface area contributed by atoms with Gasteiger partial charge in [0.15, 0.2) is 0 Å². The van der Waals surface area contributed by atoms with Crippen molar-refractivity contribution in [3.63, 3.8) is 0 Å². The van der Waals surface area contributed by atoms with Gasteiger partial charge in [-0.25, -0.2) is 4.39 Å². The van der Waals surface area contributed by atoms with E-state index in [2.05, 4.69) is 38.7 Å². The van der Waals surface area contributed by atoms with Crippen LogP contribution in [0.25, 0.3) is 10.9 Å². The third kappa shape index (κ3) is 2.49. The molecule has 0 unspecified atom stereocenters. The summed E-state index contributed by atoms with van der Waals surface area (Å²) < 4.78 is 16.4. The molecule has 0 amide bonds. The Morgan fingerprint density at radius 2 is 1.95 bits per heavy atom. The lowest BCUT2D eigenvalue weighted by Crippen LogP contribution is -2.01. The fraction of sp³-hybridized carbons (Fsp3) is 0.125. The van der Waals surface area contributed by atoms with E-state index in [-0.39, 0.29) is 5.82 Å². The van der Waals surface area contributed by atoms with E-state index in [0.717, 1.165) is 26.5 Å². The number of hydrogen-bond acceptors (Lipinski definition) is 1. The molecule has 0 fully saturated rings. The first-order valence-electron chi connectivity index (χ1n) is 6.39. The minimum atomic E-state index is -0.220. The zero-order valence-corrected chi connectivity index (χ0v) is 12.4. The van der Waals surface area contributed by atoms with E-state index in [9.17, 15) is 4.39 Å². The summed E-state index contributed by atoms with van der Waals surface area (Å²) in [6, 6.07) is 13.0. The first-order chi connectivity index (χ1) is 9.67. The Balaban J connectivity index is 2.04. The lowest BCUT2D eigenvalue weighted by molar-refractivity contribution is 0.623. The first-order valence-corrected chi connectivity index (χ1v) is 7.18. The SMILES string of the molecule is NCc1ccc2ccn(Cc3cc(F)ccc3Br)c2c1. The Hall–Kier alpha value is -1.65. The number of nitrogens with zero attached hydrogens (tertiary/aromatic N) is 1. The van der Waals surface area contributed by atoms with Crippen molar-refractivity contribution < 1.29 is 4.39 Å². The van der Waals surface area contributed by atoms with Gasteiger partial charge >= 0.3 is 0 Å². The Bertz CT molecular complexity index is 764. The van der Waals surface area contributed by atoms with E-state index in [1.54, 1.807) is 12.1 Å². The van der Waals surface area contributed by atoms with Crippen molar-refractivity contribution in [1.82, 2.24) is 4.57 Å². The van der Waals surface area contributed by atoms with Gasteiger partial charge in [-0.05, 0) is 46.8 Å². The third-order valence-electron chi connectivity index (χ3n) is 3.42. The number of nitrogens with two attached hydrogens (primary N) is 1. The molecule has 20 heavy (non-hydrogen) atoms. The molecule has 0 radical (unpaired) electrons. The van der Waals surface area contributed by atoms with Gasteiger partial charge in [-0.15, -0.1) is 0 Å². The topological polar surface area (TPSA) is 30.9 Å². The zero-order chi connectivity index (χ0) is 14.1. The van der Waals surface area contributed by atoms with E-state index in [1.165, 1.54) is 6.07 Å². The highest BCUT2D eigenvalue weighted by Crippen LogP contribution is 2.23. The summed E-state index contributed by atoms with van der Waals surface area (Å²) in [5.41, 5.74) is 8.82. The van der Waals surface area contributed by atoms with Crippen LogP contribution in [0.15, 0.2) is 53.1 Å². The van der Waals surface area contributed by atoms with Crippen LogP contribution < -0.4 is 5.73 Å². The molecule has 2 N–H and O–H groups in total. The molecule has 0 aliphatic carbocycles. The van der Waals surface area contributed by atoms with E-state index >= 15 is 0 Å². The van der Waals surface area contributed by atoms with E-state index < -0.39 is 0 Å². The number of fused-ring (bicyclic) bond motifs is 1. The Morgan fingerprint density at radius 1 is 1.10 bits per heavy atom. The quantitative estimate of drug-likeness (QED) is 0.770. The predicted octanol–water partition coefficient (Wildman–Crippen LogP) is 4.05. The van der Waals surface area contributed by atoms with Crippen LogP contribution in [0.1, 0.15) is 11.1 Å². The average Bonchev–Trinajstić information content (AvgIpc) is 2.85. The molecule has 2 nitrogen and oxygen atoms in total. The molecular formula is C16H14BrFN2. The van der Waals surface area contributed by atoms with Crippen LogP contribution in [-0.2, 0) is 13.1 Å². The lowest BCUT2D eigenvalue weighted by atomic mass is 10.1. The minimum absolute atomic E-state index is 0.220. The van der Waals surface area contributed by atoms with Crippen molar-refractivity contribution in [2.45, 2.75) is 13.1 Å². The molecule has 1 heterocycles. The molecule has 0 bridgehead atoms. The van der Waals surface area contributed by atoms with Crippen molar-refractivity contribution in [3.8, 4) is 0 Å². The second-order valence-corrected chi connectivity index (χ2v) is 5.63. The van der Waals surface area contributed by atoms with Crippen LogP contribution in [0, 0.1) is 5.82 Å². The number of hydrogen-bond donors (Lipinski definition) is 1. The van der Waals surface area contributed by atoms with Gasteiger partial charge in [0.05, 0.1) is 0 Å². The lowest BCUT2D eigenvalue weighted by Gasteiger charge is -2.09. The summed E-state index contributed by atoms with van der Waals surface area (Å²) in [6.45, 7) is 1.14. The van der Waals surface area contributed by atoms with Gasteiger partial charge in [0.1, 0.15) is 5.82 Å². The Kier molecular flexibility index (Phi) is 3.59. The molecule has 0 aliphatic rings. The fourth-order valence-electron chi connectivity index (χ4n) is 2.34. The van der Waals surface area contributed by atoms with Crippen molar-refractivity contribution >= 4 is 26.8 Å². The van der Waals surface area contributed by atoms with E-state index in [1.807, 2.05) is 12.3 Å². The number of aromatic nitrogens is 1. The van der Waals surface area contributed by atoms with Gasteiger partial charge in [0.2, 0.25) is 0 Å². The van der Waals surface area contributed by atoms with Gasteiger partial charge in [-0.1, -0.05) is 28.1 Å². The second-order valence-electron chi connectivity index (χ2n) is 4.78. The summed E-state index contributed by atoms with van der Waals surface area (Å²) in [5, 5.41) is 1.16. The highest BCUT2D eigenvalue weighted by Gasteiger charge is 2.06. The third-order valence-corrected chi connectivity index (χ3v) is 4.20. The zero-order valence-electron chi connectivity index (χ0n) is 10.8. The van der Waals surface area contributed by atoms with Gasteiger partial charge in [0, 0.05) is 29.3 Å². The van der Waals surface area contributed by atoms with Gasteiger partial charge in [0.25, 0.3) is 0 Å². The number of halogens is 2. The number of rotatable bonds is 3. The maximum Gasteiger partial charge on any atom is 0.123 e. The molecule has 1 aromatic heterocycles. The molecule has 4 heteroatoms. The minimum Gasteiger partial charge on any atom is -0.343 e. The molecule has 0 spiro atoms. The van der Waals surface area contributed by atoms with Crippen molar-refractivity contribution in [3.05, 3.63) is 70.1 Å². The van der Waals surface area contributed by atoms with Gasteiger partial charge < -0.3 is 10.3 Å². The fourth-order valence-corrected chi connectivity index (χ4v) is 2.71. The molecule has 0 atom stereocenters. The normalized spacial score (nSPS) is 11.2. The molecule has 102 valence electrons. The largest absolute Gasteiger partial charge is 0.343 e. The highest BCUT2D eigenvalue weighted by molar-refractivity contribution is 9.10. The maximum atomic E-state index is 13.4. The van der Waals surface area contributed by atoms with Crippen molar-refractivity contribution in [2.75, 3.05) is 0 Å². The Labute approximate surface area is 125 Å². The summed E-state index contributed by atoms with van der Waals surface area (Å²) in [5.74, 6) is -0.220. The molecular weight excluding hydrogens is 319 g/mol. The Morgan fingerprint density at radius 3 is 2.75 bits per heavy atom. The van der Waals surface area contributed by atoms with Crippen molar-refractivity contribution in [2.24, 2.45) is 5.73 Å². The molecule has 0 saturated carbocycles. The summed E-state index contributed by atoms with van der Waals surface area (Å²) in [4.78, 5) is 0. The summed E-state index contributed by atoms with van der Waals surface area (Å²) in [6.07, 6.45) is 2.02. The van der Waals surface area contributed by atoms with Crippen LogP contribution >= 0.6 is 15.9 Å². The molecule has 0 saturated heterocycles. The number of benzene rings is 2. The molecule has 2 aromatic carbocycles. The average molecular weight is 333 g/mol. The van der Waals surface area contributed by atoms with Crippen LogP contribution in [0.5, 0.6) is 0 Å². The maximum absolute atomic E-state index is 13.4. The molecule has 0 aliphatic heterocycles. The monoisotopic (exact) mass is 332 g/mol. The molecule has 3 rings (SSSR count). The van der Waals surface area contributed by atoms with E-state index in [0.29, 0.717) is 13.1 Å². The van der Waals surface area contributed by atoms with Crippen LogP contribution in [-0.4, -0.2) is 4.57 Å². The summed E-state index contributed by atoms with van der Waals surface area (Å²) in [7, 11) is 0. The van der Waals surface area contributed by atoms with Crippen LogP contribution in [0.4, 0.5) is 4.39 Å². The standard InChI is InChI=1S/C16H14BrFN2/c17-15-4-3-14(18)8-13(15)10-20-6-5-12-2-1-11(9-19)7-16(12)20/h1-8H,9-10,19H2. The van der Waals surface area contributed by atoms with Crippen molar-refractivity contribution in [1.29, 1.82) is 0 Å². The molecule has 3 aromatic rings. The summed E-state index contributed by atoms with van der Waals surface area (Å²) >= 11 is 3.47. The van der Waals surface area contributed by atoms with Gasteiger partial charge in [-0.2, -0.15) is 0 Å². The second kappa shape index (κ2) is 5.38.